The van der Waals surface area contributed by atoms with Crippen molar-refractivity contribution in [3.05, 3.63) is 70.8 Å². The third-order valence-corrected chi connectivity index (χ3v) is 8.41. The summed E-state index contributed by atoms with van der Waals surface area (Å²) >= 11 is 0. The molecule has 4 rings (SSSR count). The first kappa shape index (κ1) is 30.4. The third kappa shape index (κ3) is 6.02. The zero-order valence-corrected chi connectivity index (χ0v) is 24.9. The van der Waals surface area contributed by atoms with Crippen LogP contribution < -0.4 is 19.9 Å². The molecule has 14 heteroatoms. The van der Waals surface area contributed by atoms with Crippen molar-refractivity contribution in [2.45, 2.75) is 40.2 Å². The number of nitrogens with zero attached hydrogens (tertiary/aromatic N) is 7. The van der Waals surface area contributed by atoms with Crippen LogP contribution in [-0.2, 0) is 10.2 Å². The smallest absolute Gasteiger partial charge is 0.301 e. The fourth-order valence-corrected chi connectivity index (χ4v) is 5.30. The molecule has 0 saturated heterocycles. The van der Waals surface area contributed by atoms with E-state index in [1.807, 2.05) is 24.8 Å². The van der Waals surface area contributed by atoms with Gasteiger partial charge in [-0.3, -0.25) is 14.1 Å². The molecule has 0 unspecified atom stereocenters. The Balaban J connectivity index is 1.71. The second kappa shape index (κ2) is 11.7. The Bertz CT molecular complexity index is 1830. The molecule has 0 aliphatic rings. The van der Waals surface area contributed by atoms with E-state index >= 15 is 0 Å². The van der Waals surface area contributed by atoms with Crippen molar-refractivity contribution >= 4 is 32.7 Å². The van der Waals surface area contributed by atoms with Gasteiger partial charge in [0.25, 0.3) is 5.56 Å². The van der Waals surface area contributed by atoms with Crippen LogP contribution in [0.1, 0.15) is 40.2 Å². The van der Waals surface area contributed by atoms with E-state index in [1.54, 1.807) is 20.8 Å². The fourth-order valence-electron chi connectivity index (χ4n) is 4.00. The van der Waals surface area contributed by atoms with Crippen molar-refractivity contribution in [2.24, 2.45) is 0 Å². The van der Waals surface area contributed by atoms with Crippen LogP contribution in [-0.4, -0.2) is 57.9 Å². The molecule has 0 aliphatic heterocycles. The van der Waals surface area contributed by atoms with E-state index in [-0.39, 0.29) is 22.4 Å². The lowest BCUT2D eigenvalue weighted by Crippen LogP contribution is -2.45. The van der Waals surface area contributed by atoms with Gasteiger partial charge in [-0.25, -0.2) is 19.3 Å². The maximum absolute atomic E-state index is 14.9. The Hall–Kier alpha value is -4.61. The molecule has 42 heavy (non-hydrogen) atoms. The minimum absolute atomic E-state index is 0.0366. The van der Waals surface area contributed by atoms with Crippen LogP contribution in [0.5, 0.6) is 11.5 Å². The zero-order chi connectivity index (χ0) is 30.8. The lowest BCUT2D eigenvalue weighted by atomic mass is 10.1. The predicted molar refractivity (Wildman–Crippen MR) is 158 cm³/mol. The number of anilines is 2. The van der Waals surface area contributed by atoms with E-state index in [2.05, 4.69) is 19.7 Å². The Morgan fingerprint density at radius 3 is 2.36 bits per heavy atom. The summed E-state index contributed by atoms with van der Waals surface area (Å²) in [4.78, 5) is 28.4. The van der Waals surface area contributed by atoms with E-state index in [1.165, 1.54) is 48.5 Å². The number of nitriles is 1. The molecule has 12 nitrogen and oxygen atoms in total. The van der Waals surface area contributed by atoms with Gasteiger partial charge < -0.3 is 9.64 Å². The zero-order valence-electron chi connectivity index (χ0n) is 24.1. The summed E-state index contributed by atoms with van der Waals surface area (Å²) in [5.41, 5.74) is -0.981. The van der Waals surface area contributed by atoms with Gasteiger partial charge in [-0.1, -0.05) is 0 Å². The number of nitrogens with one attached hydrogen (secondary N) is 1. The van der Waals surface area contributed by atoms with Gasteiger partial charge in [0.15, 0.2) is 11.6 Å². The molecule has 2 aromatic heterocycles. The van der Waals surface area contributed by atoms with Crippen LogP contribution >= 0.6 is 0 Å². The number of aromatic nitrogens is 4. The molecule has 0 aliphatic carbocycles. The monoisotopic (exact) mass is 594 g/mol. The van der Waals surface area contributed by atoms with E-state index in [0.717, 1.165) is 29.5 Å². The van der Waals surface area contributed by atoms with Crippen molar-refractivity contribution < 1.29 is 17.5 Å². The quantitative estimate of drug-likeness (QED) is 0.301. The first-order valence-electron chi connectivity index (χ1n) is 13.1. The van der Waals surface area contributed by atoms with Crippen molar-refractivity contribution in [3.8, 4) is 23.3 Å². The van der Waals surface area contributed by atoms with Gasteiger partial charge in [-0.05, 0) is 65.0 Å². The Kier molecular flexibility index (Phi) is 8.46. The molecule has 1 N–H and O–H groups in total. The van der Waals surface area contributed by atoms with Gasteiger partial charge in [-0.15, -0.1) is 0 Å². The summed E-state index contributed by atoms with van der Waals surface area (Å²) < 4.78 is 51.2. The summed E-state index contributed by atoms with van der Waals surface area (Å²) in [7, 11) is -2.71. The van der Waals surface area contributed by atoms with E-state index in [4.69, 9.17) is 4.74 Å². The Morgan fingerprint density at radius 1 is 1.10 bits per heavy atom. The standard InChI is InChI=1S/C28H31FN8O4S/c1-7-36(8-2)27-31-15-18(16-32-27)37-17-33-23-11-9-19(13-20(23)26(37)38)41-25-21(14-30)24(12-10-22(25)29)34-42(39,40)35(6)28(3,4)5/h9-13,15-17,34H,7-8H2,1-6H3. The van der Waals surface area contributed by atoms with Crippen molar-refractivity contribution in [2.75, 3.05) is 29.8 Å². The van der Waals surface area contributed by atoms with Gasteiger partial charge in [0, 0.05) is 25.7 Å². The minimum Gasteiger partial charge on any atom is -0.453 e. The Labute approximate surface area is 243 Å². The molecule has 220 valence electrons. The number of ether oxygens (including phenoxy) is 1. The largest absolute Gasteiger partial charge is 0.453 e. The Morgan fingerprint density at radius 2 is 1.76 bits per heavy atom. The number of hydrogen-bond acceptors (Lipinski definition) is 9. The molecule has 0 spiro atoms. The number of rotatable bonds is 9. The van der Waals surface area contributed by atoms with E-state index < -0.39 is 32.9 Å². The molecule has 0 fully saturated rings. The molecule has 2 heterocycles. The summed E-state index contributed by atoms with van der Waals surface area (Å²) in [5, 5.41) is 10.00. The van der Waals surface area contributed by atoms with Crippen LogP contribution in [0.3, 0.4) is 0 Å². The lowest BCUT2D eigenvalue weighted by molar-refractivity contribution is 0.293. The molecule has 0 saturated carbocycles. The highest BCUT2D eigenvalue weighted by molar-refractivity contribution is 7.90. The summed E-state index contributed by atoms with van der Waals surface area (Å²) in [5.74, 6) is -0.825. The highest BCUT2D eigenvalue weighted by Crippen LogP contribution is 2.34. The normalized spacial score (nSPS) is 11.9. The van der Waals surface area contributed by atoms with Crippen LogP contribution in [0.15, 0.2) is 53.8 Å². The van der Waals surface area contributed by atoms with Crippen LogP contribution in [0.4, 0.5) is 16.0 Å². The highest BCUT2D eigenvalue weighted by atomic mass is 32.2. The number of fused-ring (bicyclic) bond motifs is 1. The van der Waals surface area contributed by atoms with Crippen LogP contribution in [0.25, 0.3) is 16.6 Å². The fraction of sp³-hybridized carbons (Fsp3) is 0.321. The third-order valence-electron chi connectivity index (χ3n) is 6.66. The second-order valence-electron chi connectivity index (χ2n) is 10.3. The van der Waals surface area contributed by atoms with Crippen LogP contribution in [0, 0.1) is 17.1 Å². The minimum atomic E-state index is -4.09. The summed E-state index contributed by atoms with van der Waals surface area (Å²) in [6.07, 6.45) is 4.40. The molecule has 4 aromatic rings. The highest BCUT2D eigenvalue weighted by Gasteiger charge is 2.30. The van der Waals surface area contributed by atoms with Gasteiger partial charge in [0.2, 0.25) is 5.95 Å². The SMILES string of the molecule is CCN(CC)c1ncc(-n2cnc3ccc(Oc4c(F)ccc(NS(=O)(=O)N(C)C(C)(C)C)c4C#N)cc3c2=O)cn1. The van der Waals surface area contributed by atoms with E-state index in [9.17, 15) is 22.9 Å². The maximum atomic E-state index is 14.9. The molecule has 0 bridgehead atoms. The average Bonchev–Trinajstić information content (AvgIpc) is 2.95. The van der Waals surface area contributed by atoms with Gasteiger partial charge >= 0.3 is 10.2 Å². The maximum Gasteiger partial charge on any atom is 0.301 e. The van der Waals surface area contributed by atoms with Crippen molar-refractivity contribution in [1.29, 1.82) is 5.26 Å². The molecular weight excluding hydrogens is 563 g/mol. The summed E-state index contributed by atoms with van der Waals surface area (Å²) in [6.45, 7) is 10.5. The topological polar surface area (TPSA) is 146 Å². The first-order chi connectivity index (χ1) is 19.8. The van der Waals surface area contributed by atoms with Crippen molar-refractivity contribution in [1.82, 2.24) is 23.8 Å². The summed E-state index contributed by atoms with van der Waals surface area (Å²) in [6, 6.07) is 8.31. The molecular formula is C28H31FN8O4S. The van der Waals surface area contributed by atoms with Gasteiger partial charge in [-0.2, -0.15) is 18.0 Å². The second-order valence-corrected chi connectivity index (χ2v) is 12.0. The first-order valence-corrected chi connectivity index (χ1v) is 14.5. The molecule has 0 amide bonds. The number of halogens is 1. The molecule has 2 aromatic carbocycles. The van der Waals surface area contributed by atoms with Crippen LogP contribution in [0.2, 0.25) is 0 Å². The molecule has 0 atom stereocenters. The number of hydrogen-bond donors (Lipinski definition) is 1. The number of benzene rings is 2. The van der Waals surface area contributed by atoms with Gasteiger partial charge in [0.1, 0.15) is 23.7 Å². The average molecular weight is 595 g/mol. The lowest BCUT2D eigenvalue weighted by Gasteiger charge is -2.31. The van der Waals surface area contributed by atoms with Crippen molar-refractivity contribution in [3.63, 3.8) is 0 Å². The predicted octanol–water partition coefficient (Wildman–Crippen LogP) is 4.21. The van der Waals surface area contributed by atoms with E-state index in [0.29, 0.717) is 17.2 Å². The molecule has 0 radical (unpaired) electrons. The van der Waals surface area contributed by atoms with Gasteiger partial charge in [0.05, 0.1) is 34.7 Å².